The molecule has 0 fully saturated rings. The molecule has 0 saturated heterocycles. The lowest BCUT2D eigenvalue weighted by molar-refractivity contribution is 0.415. The van der Waals surface area contributed by atoms with E-state index in [9.17, 15) is 4.79 Å². The highest BCUT2D eigenvalue weighted by atomic mass is 16.5. The number of ether oxygens (including phenoxy) is 1. The van der Waals surface area contributed by atoms with Crippen LogP contribution in [0.3, 0.4) is 0 Å². The summed E-state index contributed by atoms with van der Waals surface area (Å²) in [7, 11) is 1.64. The largest absolute Gasteiger partial charge is 0.497 e. The van der Waals surface area contributed by atoms with Crippen LogP contribution in [0, 0.1) is 0 Å². The molecule has 1 aromatic carbocycles. The van der Waals surface area contributed by atoms with Crippen molar-refractivity contribution in [2.75, 3.05) is 7.11 Å². The van der Waals surface area contributed by atoms with Crippen LogP contribution >= 0.6 is 0 Å². The molecular formula is C18H24N2O2. The summed E-state index contributed by atoms with van der Waals surface area (Å²) in [6.45, 7) is 3.14. The lowest BCUT2D eigenvalue weighted by Gasteiger charge is -2.15. The third-order valence-corrected chi connectivity index (χ3v) is 3.82. The van der Waals surface area contributed by atoms with Gasteiger partial charge in [-0.3, -0.25) is 4.79 Å². The average molecular weight is 300 g/mol. The Balaban J connectivity index is 2.49. The lowest BCUT2D eigenvalue weighted by Crippen LogP contribution is -2.26. The fraction of sp³-hybridized carbons (Fsp3) is 0.389. The molecule has 4 heteroatoms. The van der Waals surface area contributed by atoms with E-state index in [2.05, 4.69) is 6.92 Å². The van der Waals surface area contributed by atoms with Crippen molar-refractivity contribution in [3.8, 4) is 17.0 Å². The Morgan fingerprint density at radius 1 is 1.18 bits per heavy atom. The van der Waals surface area contributed by atoms with E-state index in [4.69, 9.17) is 10.5 Å². The smallest absolute Gasteiger partial charge is 0.255 e. The molecule has 22 heavy (non-hydrogen) atoms. The average Bonchev–Trinajstić information content (AvgIpc) is 2.56. The van der Waals surface area contributed by atoms with Crippen LogP contribution < -0.4 is 16.0 Å². The van der Waals surface area contributed by atoms with Crippen molar-refractivity contribution < 1.29 is 4.74 Å². The molecule has 4 nitrogen and oxygen atoms in total. The van der Waals surface area contributed by atoms with Gasteiger partial charge in [0.25, 0.3) is 5.56 Å². The highest BCUT2D eigenvalue weighted by molar-refractivity contribution is 5.62. The van der Waals surface area contributed by atoms with Crippen LogP contribution in [-0.4, -0.2) is 11.7 Å². The van der Waals surface area contributed by atoms with Gasteiger partial charge in [-0.1, -0.05) is 38.0 Å². The number of pyridine rings is 1. The minimum Gasteiger partial charge on any atom is -0.497 e. The molecule has 0 aliphatic rings. The molecule has 0 unspecified atom stereocenters. The van der Waals surface area contributed by atoms with Crippen molar-refractivity contribution in [3.63, 3.8) is 0 Å². The van der Waals surface area contributed by atoms with Crippen molar-refractivity contribution in [3.05, 3.63) is 52.3 Å². The number of nitrogens with zero attached hydrogens (tertiary/aromatic N) is 1. The number of aromatic nitrogens is 1. The van der Waals surface area contributed by atoms with E-state index in [1.807, 2.05) is 41.0 Å². The number of methoxy groups -OCH3 is 1. The second-order valence-electron chi connectivity index (χ2n) is 5.34. The molecule has 0 bridgehead atoms. The van der Waals surface area contributed by atoms with Crippen LogP contribution in [0.4, 0.5) is 0 Å². The summed E-state index contributed by atoms with van der Waals surface area (Å²) in [5, 5.41) is 0. The summed E-state index contributed by atoms with van der Waals surface area (Å²) in [5.74, 6) is 0.785. The molecular weight excluding hydrogens is 276 g/mol. The molecule has 1 aromatic heterocycles. The molecule has 0 saturated carbocycles. The number of hydrogen-bond donors (Lipinski definition) is 1. The zero-order chi connectivity index (χ0) is 15.9. The molecule has 1 heterocycles. The van der Waals surface area contributed by atoms with E-state index in [1.54, 1.807) is 7.11 Å². The van der Waals surface area contributed by atoms with Crippen LogP contribution in [0.2, 0.25) is 0 Å². The maximum atomic E-state index is 12.6. The first-order valence-electron chi connectivity index (χ1n) is 7.78. The first kappa shape index (κ1) is 16.3. The van der Waals surface area contributed by atoms with Crippen molar-refractivity contribution in [1.29, 1.82) is 0 Å². The third kappa shape index (κ3) is 3.57. The molecule has 0 amide bonds. The number of unbranched alkanes of at least 4 members (excludes halogenated alkanes) is 2. The lowest BCUT2D eigenvalue weighted by atomic mass is 10.1. The van der Waals surface area contributed by atoms with Crippen LogP contribution in [0.15, 0.2) is 41.2 Å². The summed E-state index contributed by atoms with van der Waals surface area (Å²) in [6.07, 6.45) is 3.22. The van der Waals surface area contributed by atoms with E-state index >= 15 is 0 Å². The van der Waals surface area contributed by atoms with Crippen LogP contribution in [0.25, 0.3) is 11.3 Å². The van der Waals surface area contributed by atoms with Crippen molar-refractivity contribution in [2.45, 2.75) is 39.3 Å². The van der Waals surface area contributed by atoms with Crippen molar-refractivity contribution in [2.24, 2.45) is 5.73 Å². The summed E-state index contributed by atoms with van der Waals surface area (Å²) < 4.78 is 7.12. The summed E-state index contributed by atoms with van der Waals surface area (Å²) in [5.41, 5.74) is 8.24. The fourth-order valence-electron chi connectivity index (χ4n) is 2.56. The van der Waals surface area contributed by atoms with Gasteiger partial charge in [0.1, 0.15) is 5.75 Å². The van der Waals surface area contributed by atoms with Gasteiger partial charge in [0.2, 0.25) is 0 Å². The molecule has 0 aliphatic heterocycles. The Hall–Kier alpha value is -2.07. The van der Waals surface area contributed by atoms with Gasteiger partial charge in [0.15, 0.2) is 0 Å². The second-order valence-corrected chi connectivity index (χ2v) is 5.34. The monoisotopic (exact) mass is 300 g/mol. The second kappa shape index (κ2) is 7.80. The standard InChI is InChI=1S/C18H24N2O2/c1-3-4-5-11-20-17(10-9-15(13-19)18(20)21)14-7-6-8-16(12-14)22-2/h6-10,12H,3-5,11,13,19H2,1-2H3. The molecule has 2 rings (SSSR count). The minimum absolute atomic E-state index is 0.0129. The van der Waals surface area contributed by atoms with E-state index in [1.165, 1.54) is 0 Å². The topological polar surface area (TPSA) is 57.2 Å². The molecule has 2 N–H and O–H groups in total. The Bertz CT molecular complexity index is 677. The highest BCUT2D eigenvalue weighted by Gasteiger charge is 2.10. The normalized spacial score (nSPS) is 10.7. The van der Waals surface area contributed by atoms with E-state index in [-0.39, 0.29) is 12.1 Å². The zero-order valence-corrected chi connectivity index (χ0v) is 13.3. The van der Waals surface area contributed by atoms with Crippen LogP contribution in [0.5, 0.6) is 5.75 Å². The summed E-state index contributed by atoms with van der Waals surface area (Å²) in [4.78, 5) is 12.6. The molecule has 2 aromatic rings. The number of benzene rings is 1. The van der Waals surface area contributed by atoms with Gasteiger partial charge in [-0.2, -0.15) is 0 Å². The zero-order valence-electron chi connectivity index (χ0n) is 13.3. The third-order valence-electron chi connectivity index (χ3n) is 3.82. The van der Waals surface area contributed by atoms with E-state index in [0.717, 1.165) is 36.3 Å². The van der Waals surface area contributed by atoms with Gasteiger partial charge < -0.3 is 15.0 Å². The predicted molar refractivity (Wildman–Crippen MR) is 90.1 cm³/mol. The number of rotatable bonds is 7. The number of hydrogen-bond acceptors (Lipinski definition) is 3. The predicted octanol–water partition coefficient (Wildman–Crippen LogP) is 3.17. The molecule has 0 radical (unpaired) electrons. The molecule has 118 valence electrons. The van der Waals surface area contributed by atoms with Crippen molar-refractivity contribution >= 4 is 0 Å². The maximum absolute atomic E-state index is 12.6. The fourth-order valence-corrected chi connectivity index (χ4v) is 2.56. The van der Waals surface area contributed by atoms with Gasteiger partial charge in [-0.15, -0.1) is 0 Å². The Kier molecular flexibility index (Phi) is 5.78. The minimum atomic E-state index is 0.0129. The Morgan fingerprint density at radius 2 is 2.00 bits per heavy atom. The quantitative estimate of drug-likeness (QED) is 0.799. The molecule has 0 aliphatic carbocycles. The first-order chi connectivity index (χ1) is 10.7. The Morgan fingerprint density at radius 3 is 2.68 bits per heavy atom. The van der Waals surface area contributed by atoms with Gasteiger partial charge in [0.05, 0.1) is 12.8 Å². The number of nitrogens with two attached hydrogens (primary N) is 1. The van der Waals surface area contributed by atoms with Gasteiger partial charge in [-0.25, -0.2) is 0 Å². The van der Waals surface area contributed by atoms with Gasteiger partial charge in [0, 0.05) is 24.2 Å². The summed E-state index contributed by atoms with van der Waals surface area (Å²) in [6, 6.07) is 11.6. The first-order valence-corrected chi connectivity index (χ1v) is 7.78. The maximum Gasteiger partial charge on any atom is 0.255 e. The van der Waals surface area contributed by atoms with Gasteiger partial charge in [-0.05, 0) is 24.6 Å². The van der Waals surface area contributed by atoms with Crippen LogP contribution in [0.1, 0.15) is 31.7 Å². The highest BCUT2D eigenvalue weighted by Crippen LogP contribution is 2.23. The summed E-state index contributed by atoms with van der Waals surface area (Å²) >= 11 is 0. The molecule has 0 atom stereocenters. The van der Waals surface area contributed by atoms with Crippen LogP contribution in [-0.2, 0) is 13.1 Å². The molecule has 0 spiro atoms. The van der Waals surface area contributed by atoms with Gasteiger partial charge >= 0.3 is 0 Å². The van der Waals surface area contributed by atoms with E-state index < -0.39 is 0 Å². The van der Waals surface area contributed by atoms with E-state index in [0.29, 0.717) is 12.1 Å². The SMILES string of the molecule is CCCCCn1c(-c2cccc(OC)c2)ccc(CN)c1=O. The van der Waals surface area contributed by atoms with Crippen molar-refractivity contribution in [1.82, 2.24) is 4.57 Å². The Labute approximate surface area is 131 Å².